The summed E-state index contributed by atoms with van der Waals surface area (Å²) in [6, 6.07) is 4.29. The number of hydrogen-bond acceptors (Lipinski definition) is 2. The molecule has 0 aliphatic rings. The summed E-state index contributed by atoms with van der Waals surface area (Å²) >= 11 is 0. The molecule has 0 aliphatic heterocycles. The van der Waals surface area contributed by atoms with Crippen LogP contribution in [0.3, 0.4) is 0 Å². The number of nitrogens with one attached hydrogen (secondary N) is 1. The van der Waals surface area contributed by atoms with Gasteiger partial charge in [0.05, 0.1) is 5.56 Å². The molecule has 0 bridgehead atoms. The lowest BCUT2D eigenvalue weighted by atomic mass is 10.1. The third-order valence-electron chi connectivity index (χ3n) is 2.33. The Morgan fingerprint density at radius 2 is 2.25 bits per heavy atom. The fourth-order valence-corrected chi connectivity index (χ4v) is 1.57. The molecule has 0 aliphatic carbocycles. The number of carboxylic acid groups (broad SMARTS) is 1. The first kappa shape index (κ1) is 12.5. The number of benzene rings is 1. The highest BCUT2D eigenvalue weighted by molar-refractivity contribution is 5.89. The van der Waals surface area contributed by atoms with Crippen molar-refractivity contribution in [3.8, 4) is 0 Å². The Balaban J connectivity index is 2.82. The number of anilines is 1. The van der Waals surface area contributed by atoms with Crippen LogP contribution in [0, 0.1) is 5.82 Å². The lowest BCUT2D eigenvalue weighted by Gasteiger charge is -2.14. The van der Waals surface area contributed by atoms with E-state index in [0.29, 0.717) is 5.69 Å². The summed E-state index contributed by atoms with van der Waals surface area (Å²) < 4.78 is 13.1. The van der Waals surface area contributed by atoms with Crippen molar-refractivity contribution in [2.75, 3.05) is 5.32 Å². The third-order valence-corrected chi connectivity index (χ3v) is 2.33. The molecule has 1 rings (SSSR count). The fourth-order valence-electron chi connectivity index (χ4n) is 1.57. The van der Waals surface area contributed by atoms with Crippen LogP contribution in [-0.2, 0) is 0 Å². The van der Waals surface area contributed by atoms with Gasteiger partial charge in [-0.15, -0.1) is 0 Å². The van der Waals surface area contributed by atoms with Crippen LogP contribution in [0.1, 0.15) is 37.0 Å². The molecule has 0 heterocycles. The Morgan fingerprint density at radius 3 is 2.81 bits per heavy atom. The van der Waals surface area contributed by atoms with E-state index in [-0.39, 0.29) is 11.6 Å². The lowest BCUT2D eigenvalue weighted by Crippen LogP contribution is -2.15. The van der Waals surface area contributed by atoms with Gasteiger partial charge in [0, 0.05) is 11.7 Å². The summed E-state index contributed by atoms with van der Waals surface area (Å²) in [5, 5.41) is 11.9. The third kappa shape index (κ3) is 3.22. The van der Waals surface area contributed by atoms with Crippen molar-refractivity contribution in [2.24, 2.45) is 0 Å². The lowest BCUT2D eigenvalue weighted by molar-refractivity contribution is 0.0692. The van der Waals surface area contributed by atoms with Crippen LogP contribution in [0.5, 0.6) is 0 Å². The molecule has 1 aromatic carbocycles. The molecule has 2 N–H and O–H groups in total. The van der Waals surface area contributed by atoms with Crippen LogP contribution < -0.4 is 5.32 Å². The molecular formula is C12H16FNO2. The van der Waals surface area contributed by atoms with Gasteiger partial charge < -0.3 is 10.4 Å². The van der Waals surface area contributed by atoms with Gasteiger partial charge in [0.1, 0.15) is 5.82 Å². The van der Waals surface area contributed by atoms with Gasteiger partial charge in [0.25, 0.3) is 0 Å². The molecule has 88 valence electrons. The maximum absolute atomic E-state index is 13.1. The van der Waals surface area contributed by atoms with Crippen LogP contribution >= 0.6 is 0 Å². The second-order valence-electron chi connectivity index (χ2n) is 3.83. The summed E-state index contributed by atoms with van der Waals surface area (Å²) in [5.41, 5.74) is 0.341. The predicted octanol–water partition coefficient (Wildman–Crippen LogP) is 3.12. The Hall–Kier alpha value is -1.58. The molecule has 0 aromatic heterocycles. The van der Waals surface area contributed by atoms with Gasteiger partial charge >= 0.3 is 5.97 Å². The van der Waals surface area contributed by atoms with Crippen LogP contribution in [0.25, 0.3) is 0 Å². The van der Waals surface area contributed by atoms with Crippen LogP contribution in [-0.4, -0.2) is 17.1 Å². The number of aromatic carboxylic acids is 1. The van der Waals surface area contributed by atoms with E-state index in [1.54, 1.807) is 6.07 Å². The van der Waals surface area contributed by atoms with E-state index in [0.717, 1.165) is 12.8 Å². The monoisotopic (exact) mass is 225 g/mol. The normalized spacial score (nSPS) is 12.2. The minimum absolute atomic E-state index is 0.247. The van der Waals surface area contributed by atoms with Crippen LogP contribution in [0.4, 0.5) is 10.1 Å². The van der Waals surface area contributed by atoms with Gasteiger partial charge in [0.15, 0.2) is 0 Å². The first-order valence-corrected chi connectivity index (χ1v) is 5.34. The number of hydrogen-bond donors (Lipinski definition) is 2. The molecule has 0 saturated heterocycles. The van der Waals surface area contributed by atoms with Gasteiger partial charge in [0.2, 0.25) is 0 Å². The Kier molecular flexibility index (Phi) is 4.28. The molecule has 4 heteroatoms. The van der Waals surface area contributed by atoms with E-state index >= 15 is 0 Å². The van der Waals surface area contributed by atoms with Crippen molar-refractivity contribution in [3.63, 3.8) is 0 Å². The molecule has 0 saturated carbocycles. The molecule has 0 amide bonds. The van der Waals surface area contributed by atoms with E-state index in [1.807, 2.05) is 6.92 Å². The predicted molar refractivity (Wildman–Crippen MR) is 61.4 cm³/mol. The zero-order valence-electron chi connectivity index (χ0n) is 9.46. The molecule has 0 radical (unpaired) electrons. The average molecular weight is 225 g/mol. The number of carboxylic acids is 1. The highest BCUT2D eigenvalue weighted by atomic mass is 19.1. The van der Waals surface area contributed by atoms with Crippen molar-refractivity contribution in [2.45, 2.75) is 32.7 Å². The van der Waals surface area contributed by atoms with Crippen molar-refractivity contribution in [1.29, 1.82) is 0 Å². The van der Waals surface area contributed by atoms with Gasteiger partial charge in [-0.3, -0.25) is 0 Å². The van der Waals surface area contributed by atoms with Gasteiger partial charge in [-0.1, -0.05) is 13.3 Å². The quantitative estimate of drug-likeness (QED) is 0.809. The second kappa shape index (κ2) is 5.49. The summed E-state index contributed by atoms with van der Waals surface area (Å²) in [7, 11) is 0. The zero-order valence-corrected chi connectivity index (χ0v) is 9.46. The Bertz CT molecular complexity index is 379. The number of halogens is 1. The average Bonchev–Trinajstić information content (AvgIpc) is 2.21. The largest absolute Gasteiger partial charge is 0.478 e. The minimum Gasteiger partial charge on any atom is -0.478 e. The molecule has 3 nitrogen and oxygen atoms in total. The van der Waals surface area contributed by atoms with E-state index in [1.165, 1.54) is 12.1 Å². The summed E-state index contributed by atoms with van der Waals surface area (Å²) in [6.07, 6.45) is 2.03. The number of carbonyl (C=O) groups is 1. The molecule has 1 atom stereocenters. The van der Waals surface area contributed by atoms with Crippen molar-refractivity contribution < 1.29 is 14.3 Å². The Labute approximate surface area is 94.3 Å². The minimum atomic E-state index is -1.25. The molecule has 16 heavy (non-hydrogen) atoms. The molecular weight excluding hydrogens is 209 g/mol. The first-order valence-electron chi connectivity index (χ1n) is 5.34. The molecule has 1 unspecified atom stereocenters. The Morgan fingerprint density at radius 1 is 1.56 bits per heavy atom. The topological polar surface area (TPSA) is 49.3 Å². The highest BCUT2D eigenvalue weighted by Crippen LogP contribution is 2.16. The maximum Gasteiger partial charge on any atom is 0.338 e. The van der Waals surface area contributed by atoms with Crippen LogP contribution in [0.15, 0.2) is 18.2 Å². The highest BCUT2D eigenvalue weighted by Gasteiger charge is 2.11. The van der Waals surface area contributed by atoms with Crippen molar-refractivity contribution in [3.05, 3.63) is 29.6 Å². The van der Waals surface area contributed by atoms with Crippen LogP contribution in [0.2, 0.25) is 0 Å². The molecule has 0 spiro atoms. The van der Waals surface area contributed by atoms with Crippen molar-refractivity contribution >= 4 is 11.7 Å². The summed E-state index contributed by atoms with van der Waals surface area (Å²) in [4.78, 5) is 10.7. The maximum atomic E-state index is 13.1. The SMILES string of the molecule is CCCC(C)Nc1ccc(F)c(C(=O)O)c1. The van der Waals surface area contributed by atoms with E-state index < -0.39 is 11.8 Å². The van der Waals surface area contributed by atoms with Gasteiger partial charge in [-0.05, 0) is 31.5 Å². The smallest absolute Gasteiger partial charge is 0.338 e. The first-order chi connectivity index (χ1) is 7.54. The number of rotatable bonds is 5. The van der Waals surface area contributed by atoms with E-state index in [4.69, 9.17) is 5.11 Å². The standard InChI is InChI=1S/C12H16FNO2/c1-3-4-8(2)14-9-5-6-11(13)10(7-9)12(15)16/h5-8,14H,3-4H2,1-2H3,(H,15,16). The van der Waals surface area contributed by atoms with Crippen molar-refractivity contribution in [1.82, 2.24) is 0 Å². The fraction of sp³-hybridized carbons (Fsp3) is 0.417. The van der Waals surface area contributed by atoms with E-state index in [2.05, 4.69) is 12.2 Å². The van der Waals surface area contributed by atoms with Gasteiger partial charge in [-0.2, -0.15) is 0 Å². The summed E-state index contributed by atoms with van der Waals surface area (Å²) in [6.45, 7) is 4.08. The second-order valence-corrected chi connectivity index (χ2v) is 3.83. The molecule has 1 aromatic rings. The summed E-state index contributed by atoms with van der Waals surface area (Å²) in [5.74, 6) is -1.95. The van der Waals surface area contributed by atoms with E-state index in [9.17, 15) is 9.18 Å². The van der Waals surface area contributed by atoms with Gasteiger partial charge in [-0.25, -0.2) is 9.18 Å². The molecule has 0 fully saturated rings. The zero-order chi connectivity index (χ0) is 12.1.